The second-order valence-electron chi connectivity index (χ2n) is 7.41. The van der Waals surface area contributed by atoms with E-state index in [0.717, 1.165) is 5.69 Å². The van der Waals surface area contributed by atoms with Crippen molar-refractivity contribution in [1.82, 2.24) is 9.88 Å². The summed E-state index contributed by atoms with van der Waals surface area (Å²) in [4.78, 5) is 21.0. The van der Waals surface area contributed by atoms with Crippen molar-refractivity contribution in [3.05, 3.63) is 71.5 Å². The van der Waals surface area contributed by atoms with Gasteiger partial charge in [-0.3, -0.25) is 9.52 Å². The van der Waals surface area contributed by atoms with Gasteiger partial charge in [0, 0.05) is 43.7 Å². The van der Waals surface area contributed by atoms with Gasteiger partial charge >= 0.3 is 0 Å². The number of nitrogens with zero attached hydrogens (tertiary/aromatic N) is 3. The second-order valence-corrected chi connectivity index (χ2v) is 9.95. The van der Waals surface area contributed by atoms with Crippen LogP contribution < -0.4 is 9.62 Å². The lowest BCUT2D eigenvalue weighted by atomic mass is 10.2. The summed E-state index contributed by atoms with van der Waals surface area (Å²) in [6.45, 7) is 2.60. The summed E-state index contributed by atoms with van der Waals surface area (Å²) in [7, 11) is -3.68. The zero-order valence-electron chi connectivity index (χ0n) is 17.3. The quantitative estimate of drug-likeness (QED) is 0.568. The van der Waals surface area contributed by atoms with Crippen molar-refractivity contribution in [1.29, 1.82) is 0 Å². The first-order valence-electron chi connectivity index (χ1n) is 10.2. The minimum absolute atomic E-state index is 0.0446. The van der Waals surface area contributed by atoms with E-state index in [4.69, 9.17) is 0 Å². The van der Waals surface area contributed by atoms with Crippen LogP contribution in [0, 0.1) is 5.82 Å². The third-order valence-electron chi connectivity index (χ3n) is 5.25. The molecule has 0 saturated carbocycles. The molecule has 10 heteroatoms. The number of carbonyl (C=O) groups is 1. The van der Waals surface area contributed by atoms with E-state index in [1.807, 2.05) is 4.90 Å². The molecule has 32 heavy (non-hydrogen) atoms. The molecule has 0 aliphatic carbocycles. The Morgan fingerprint density at radius 1 is 1.03 bits per heavy atom. The molecule has 1 aliphatic rings. The number of benzene rings is 2. The van der Waals surface area contributed by atoms with E-state index in [0.29, 0.717) is 44.7 Å². The Labute approximate surface area is 190 Å². The van der Waals surface area contributed by atoms with E-state index in [2.05, 4.69) is 14.6 Å². The number of hydrogen-bond acceptors (Lipinski definition) is 6. The summed E-state index contributed by atoms with van der Waals surface area (Å²) in [6, 6.07) is 14.5. The molecule has 7 nitrogen and oxygen atoms in total. The molecule has 0 bridgehead atoms. The number of piperazine rings is 1. The number of sulfonamides is 1. The van der Waals surface area contributed by atoms with Gasteiger partial charge in [-0.1, -0.05) is 18.2 Å². The molecule has 2 heterocycles. The lowest BCUT2D eigenvalue weighted by molar-refractivity contribution is -0.131. The fourth-order valence-corrected chi connectivity index (χ4v) is 5.52. The summed E-state index contributed by atoms with van der Waals surface area (Å²) in [6.07, 6.45) is 0.756. The number of amides is 1. The Bertz CT molecular complexity index is 1160. The molecule has 0 unspecified atom stereocenters. The van der Waals surface area contributed by atoms with Gasteiger partial charge in [-0.25, -0.2) is 17.8 Å². The normalized spacial score (nSPS) is 14.4. The summed E-state index contributed by atoms with van der Waals surface area (Å²) in [5, 5.41) is 2.05. The van der Waals surface area contributed by atoms with Crippen LogP contribution in [0.2, 0.25) is 0 Å². The van der Waals surface area contributed by atoms with Crippen LogP contribution in [-0.4, -0.2) is 50.4 Å². The van der Waals surface area contributed by atoms with Crippen molar-refractivity contribution in [2.75, 3.05) is 35.8 Å². The van der Waals surface area contributed by atoms with Crippen LogP contribution in [0.1, 0.15) is 12.1 Å². The fraction of sp³-hybridized carbons (Fsp3) is 0.273. The van der Waals surface area contributed by atoms with Crippen LogP contribution in [0.4, 0.5) is 15.2 Å². The van der Waals surface area contributed by atoms with Crippen molar-refractivity contribution < 1.29 is 17.6 Å². The van der Waals surface area contributed by atoms with Crippen molar-refractivity contribution in [3.8, 4) is 0 Å². The van der Waals surface area contributed by atoms with E-state index in [1.165, 1.54) is 35.6 Å². The van der Waals surface area contributed by atoms with Crippen molar-refractivity contribution in [3.63, 3.8) is 0 Å². The SMILES string of the molecule is O=C(CCc1csc(NS(=O)(=O)c2ccccc2)n1)N1CCN(c2ccc(F)cc2)CC1. The molecular weight excluding hydrogens is 451 g/mol. The van der Waals surface area contributed by atoms with Gasteiger partial charge in [0.25, 0.3) is 10.0 Å². The molecule has 0 spiro atoms. The van der Waals surface area contributed by atoms with Gasteiger partial charge in [-0.15, -0.1) is 11.3 Å². The molecule has 168 valence electrons. The van der Waals surface area contributed by atoms with Gasteiger partial charge in [0.15, 0.2) is 5.13 Å². The van der Waals surface area contributed by atoms with E-state index >= 15 is 0 Å². The topological polar surface area (TPSA) is 82.6 Å². The van der Waals surface area contributed by atoms with Gasteiger partial charge in [0.05, 0.1) is 10.6 Å². The van der Waals surface area contributed by atoms with E-state index < -0.39 is 10.0 Å². The van der Waals surface area contributed by atoms with Gasteiger partial charge < -0.3 is 9.80 Å². The Balaban J connectivity index is 1.26. The Kier molecular flexibility index (Phi) is 6.71. The molecule has 1 aliphatic heterocycles. The summed E-state index contributed by atoms with van der Waals surface area (Å²) >= 11 is 1.20. The van der Waals surface area contributed by atoms with Gasteiger partial charge in [0.2, 0.25) is 5.91 Å². The van der Waals surface area contributed by atoms with Crippen LogP contribution in [-0.2, 0) is 21.2 Å². The first-order valence-corrected chi connectivity index (χ1v) is 12.6. The van der Waals surface area contributed by atoms with Crippen LogP contribution in [0.5, 0.6) is 0 Å². The number of thiazole rings is 1. The zero-order chi connectivity index (χ0) is 22.6. The maximum atomic E-state index is 13.1. The zero-order valence-corrected chi connectivity index (χ0v) is 18.9. The molecular formula is C22H23FN4O3S2. The number of halogens is 1. The fourth-order valence-electron chi connectivity index (χ4n) is 3.50. The number of nitrogens with one attached hydrogen (secondary N) is 1. The average molecular weight is 475 g/mol. The maximum Gasteiger partial charge on any atom is 0.263 e. The Hall–Kier alpha value is -2.98. The smallest absolute Gasteiger partial charge is 0.263 e. The van der Waals surface area contributed by atoms with E-state index in [9.17, 15) is 17.6 Å². The lowest BCUT2D eigenvalue weighted by Gasteiger charge is -2.36. The number of anilines is 2. The van der Waals surface area contributed by atoms with Crippen LogP contribution >= 0.6 is 11.3 Å². The third-order valence-corrected chi connectivity index (χ3v) is 7.54. The van der Waals surface area contributed by atoms with Gasteiger partial charge in [-0.2, -0.15) is 0 Å². The van der Waals surface area contributed by atoms with Gasteiger partial charge in [0.1, 0.15) is 5.82 Å². The summed E-state index contributed by atoms with van der Waals surface area (Å²) in [5.41, 5.74) is 1.63. The number of hydrogen-bond donors (Lipinski definition) is 1. The second kappa shape index (κ2) is 9.66. The highest BCUT2D eigenvalue weighted by atomic mass is 32.2. The Morgan fingerprint density at radius 3 is 2.41 bits per heavy atom. The molecule has 3 aromatic rings. The van der Waals surface area contributed by atoms with Crippen molar-refractivity contribution in [2.45, 2.75) is 17.7 Å². The summed E-state index contributed by atoms with van der Waals surface area (Å²) in [5.74, 6) is -0.219. The number of aryl methyl sites for hydroxylation is 1. The van der Waals surface area contributed by atoms with Crippen molar-refractivity contribution in [2.24, 2.45) is 0 Å². The molecule has 1 saturated heterocycles. The molecule has 1 aromatic heterocycles. The molecule has 1 amide bonds. The number of aromatic nitrogens is 1. The highest BCUT2D eigenvalue weighted by Gasteiger charge is 2.22. The number of carbonyl (C=O) groups excluding carboxylic acids is 1. The minimum atomic E-state index is -3.68. The molecule has 2 aromatic carbocycles. The standard InChI is InChI=1S/C22H23FN4O3S2/c23-17-6-9-19(10-7-17)26-12-14-27(15-13-26)21(28)11-8-18-16-31-22(24-18)25-32(29,30)20-4-2-1-3-5-20/h1-7,9-10,16H,8,11-15H2,(H,24,25). The molecule has 4 rings (SSSR count). The minimum Gasteiger partial charge on any atom is -0.368 e. The first-order chi connectivity index (χ1) is 15.4. The van der Waals surface area contributed by atoms with Crippen LogP contribution in [0.25, 0.3) is 0 Å². The predicted molar refractivity (Wildman–Crippen MR) is 123 cm³/mol. The highest BCUT2D eigenvalue weighted by Crippen LogP contribution is 2.21. The molecule has 0 radical (unpaired) electrons. The molecule has 1 N–H and O–H groups in total. The summed E-state index contributed by atoms with van der Waals surface area (Å²) < 4.78 is 40.4. The molecule has 0 atom stereocenters. The highest BCUT2D eigenvalue weighted by molar-refractivity contribution is 7.93. The monoisotopic (exact) mass is 474 g/mol. The van der Waals surface area contributed by atoms with Crippen molar-refractivity contribution >= 4 is 38.1 Å². The largest absolute Gasteiger partial charge is 0.368 e. The molecule has 1 fully saturated rings. The maximum absolute atomic E-state index is 13.1. The number of rotatable bonds is 7. The van der Waals surface area contributed by atoms with E-state index in [1.54, 1.807) is 35.7 Å². The average Bonchev–Trinajstić information content (AvgIpc) is 3.25. The van der Waals surface area contributed by atoms with Crippen LogP contribution in [0.3, 0.4) is 0 Å². The van der Waals surface area contributed by atoms with E-state index in [-0.39, 0.29) is 21.8 Å². The first kappa shape index (κ1) is 22.2. The predicted octanol–water partition coefficient (Wildman–Crippen LogP) is 3.36. The lowest BCUT2D eigenvalue weighted by Crippen LogP contribution is -2.48. The van der Waals surface area contributed by atoms with Gasteiger partial charge in [-0.05, 0) is 42.8 Å². The third kappa shape index (κ3) is 5.43. The van der Waals surface area contributed by atoms with Crippen LogP contribution in [0.15, 0.2) is 64.9 Å². The Morgan fingerprint density at radius 2 is 1.72 bits per heavy atom.